The lowest BCUT2D eigenvalue weighted by Gasteiger charge is -2.16. The maximum Gasteiger partial charge on any atom is 0.261 e. The fourth-order valence-corrected chi connectivity index (χ4v) is 2.98. The van der Waals surface area contributed by atoms with Gasteiger partial charge in [0, 0.05) is 13.1 Å². The van der Waals surface area contributed by atoms with Crippen LogP contribution in [0.15, 0.2) is 42.5 Å². The summed E-state index contributed by atoms with van der Waals surface area (Å²) in [7, 11) is 0. The van der Waals surface area contributed by atoms with Crippen molar-refractivity contribution in [2.45, 2.75) is 13.5 Å². The number of nitrogens with one attached hydrogen (secondary N) is 1. The molecule has 3 N–H and O–H groups in total. The number of amides is 3. The van der Waals surface area contributed by atoms with Crippen molar-refractivity contribution >= 4 is 17.7 Å². The average Bonchev–Trinajstić information content (AvgIpc) is 2.92. The normalized spacial score (nSPS) is 12.9. The van der Waals surface area contributed by atoms with Crippen molar-refractivity contribution in [1.29, 1.82) is 0 Å². The molecule has 7 heteroatoms. The van der Waals surface area contributed by atoms with Crippen LogP contribution in [0.2, 0.25) is 0 Å². The first-order chi connectivity index (χ1) is 13.1. The zero-order valence-corrected chi connectivity index (χ0v) is 15.0. The largest absolute Gasteiger partial charge is 0.493 e. The summed E-state index contributed by atoms with van der Waals surface area (Å²) < 4.78 is 5.52. The van der Waals surface area contributed by atoms with E-state index < -0.39 is 0 Å². The van der Waals surface area contributed by atoms with Gasteiger partial charge < -0.3 is 15.8 Å². The first-order valence-corrected chi connectivity index (χ1v) is 8.76. The Kier molecular flexibility index (Phi) is 5.52. The van der Waals surface area contributed by atoms with E-state index in [-0.39, 0.29) is 24.3 Å². The minimum Gasteiger partial charge on any atom is -0.493 e. The van der Waals surface area contributed by atoms with Crippen LogP contribution in [0.1, 0.15) is 43.6 Å². The first kappa shape index (κ1) is 18.6. The third-order valence-corrected chi connectivity index (χ3v) is 4.24. The highest BCUT2D eigenvalue weighted by Crippen LogP contribution is 2.26. The van der Waals surface area contributed by atoms with Gasteiger partial charge in [0.15, 0.2) is 0 Å². The van der Waals surface area contributed by atoms with Crippen LogP contribution < -0.4 is 15.8 Å². The van der Waals surface area contributed by atoms with Crippen molar-refractivity contribution in [2.75, 3.05) is 19.7 Å². The number of carbonyl (C=O) groups is 3. The number of hydrogen-bond donors (Lipinski definition) is 2. The summed E-state index contributed by atoms with van der Waals surface area (Å²) >= 11 is 0. The molecule has 0 atom stereocenters. The van der Waals surface area contributed by atoms with Gasteiger partial charge in [-0.15, -0.1) is 0 Å². The summed E-state index contributed by atoms with van der Waals surface area (Å²) in [6.07, 6.45) is 0. The van der Waals surface area contributed by atoms with Gasteiger partial charge in [0.05, 0.1) is 29.8 Å². The Bertz CT molecular complexity index is 860. The molecule has 0 unspecified atom stereocenters. The highest BCUT2D eigenvalue weighted by atomic mass is 16.5. The summed E-state index contributed by atoms with van der Waals surface area (Å²) in [5.41, 5.74) is 7.24. The van der Waals surface area contributed by atoms with Gasteiger partial charge >= 0.3 is 0 Å². The van der Waals surface area contributed by atoms with Crippen molar-refractivity contribution < 1.29 is 19.1 Å². The van der Waals surface area contributed by atoms with Crippen LogP contribution in [0, 0.1) is 0 Å². The lowest BCUT2D eigenvalue weighted by molar-refractivity contribution is 0.0642. The van der Waals surface area contributed by atoms with Crippen LogP contribution in [0.5, 0.6) is 5.75 Å². The summed E-state index contributed by atoms with van der Waals surface area (Å²) in [4.78, 5) is 38.6. The molecule has 140 valence electrons. The molecule has 27 heavy (non-hydrogen) atoms. The van der Waals surface area contributed by atoms with Gasteiger partial charge in [-0.1, -0.05) is 18.2 Å². The fraction of sp³-hybridized carbons (Fsp3) is 0.250. The molecule has 0 radical (unpaired) electrons. The average molecular weight is 367 g/mol. The Labute approximate surface area is 157 Å². The highest BCUT2D eigenvalue weighted by molar-refractivity contribution is 6.21. The van der Waals surface area contributed by atoms with E-state index in [4.69, 9.17) is 10.5 Å². The Balaban J connectivity index is 1.86. The maximum atomic E-state index is 12.5. The van der Waals surface area contributed by atoms with Crippen molar-refractivity contribution in [1.82, 2.24) is 10.2 Å². The van der Waals surface area contributed by atoms with Crippen LogP contribution in [0.3, 0.4) is 0 Å². The Morgan fingerprint density at radius 1 is 1.11 bits per heavy atom. The third kappa shape index (κ3) is 3.68. The molecule has 0 aliphatic carbocycles. The van der Waals surface area contributed by atoms with Crippen LogP contribution in [-0.4, -0.2) is 42.3 Å². The lowest BCUT2D eigenvalue weighted by atomic mass is 10.1. The van der Waals surface area contributed by atoms with Gasteiger partial charge in [0.1, 0.15) is 5.75 Å². The molecule has 0 spiro atoms. The predicted molar refractivity (Wildman–Crippen MR) is 99.6 cm³/mol. The second-order valence-electron chi connectivity index (χ2n) is 6.05. The smallest absolute Gasteiger partial charge is 0.261 e. The molecule has 0 saturated carbocycles. The minimum atomic E-state index is -0.335. The number of nitrogens with zero attached hydrogens (tertiary/aromatic N) is 1. The van der Waals surface area contributed by atoms with Crippen molar-refractivity contribution in [3.63, 3.8) is 0 Å². The SMILES string of the molecule is CCOc1ccc(CN2C(=O)c3ccccc3C2=O)cc1C(=O)NCCN. The monoisotopic (exact) mass is 367 g/mol. The summed E-state index contributed by atoms with van der Waals surface area (Å²) in [5.74, 6) is -0.538. The van der Waals surface area contributed by atoms with Gasteiger partial charge in [-0.25, -0.2) is 0 Å². The Morgan fingerprint density at radius 2 is 1.78 bits per heavy atom. The number of ether oxygens (including phenoxy) is 1. The summed E-state index contributed by atoms with van der Waals surface area (Å²) in [6.45, 7) is 2.98. The second kappa shape index (κ2) is 8.01. The quantitative estimate of drug-likeness (QED) is 0.724. The number of benzene rings is 2. The van der Waals surface area contributed by atoms with Crippen molar-refractivity contribution in [3.8, 4) is 5.75 Å². The molecule has 0 saturated heterocycles. The number of carbonyl (C=O) groups excluding carboxylic acids is 3. The van der Waals surface area contributed by atoms with Crippen LogP contribution in [-0.2, 0) is 6.54 Å². The van der Waals surface area contributed by atoms with Crippen LogP contribution in [0.25, 0.3) is 0 Å². The van der Waals surface area contributed by atoms with E-state index in [1.54, 1.807) is 42.5 Å². The molecule has 3 amide bonds. The second-order valence-corrected chi connectivity index (χ2v) is 6.05. The van der Waals surface area contributed by atoms with Gasteiger partial charge in [0.25, 0.3) is 17.7 Å². The van der Waals surface area contributed by atoms with Crippen LogP contribution >= 0.6 is 0 Å². The van der Waals surface area contributed by atoms with Gasteiger partial charge in [-0.05, 0) is 36.8 Å². The maximum absolute atomic E-state index is 12.5. The molecule has 1 aliphatic rings. The molecule has 1 aliphatic heterocycles. The zero-order valence-electron chi connectivity index (χ0n) is 15.0. The number of nitrogens with two attached hydrogens (primary N) is 1. The van der Waals surface area contributed by atoms with E-state index in [9.17, 15) is 14.4 Å². The minimum absolute atomic E-state index is 0.0793. The highest BCUT2D eigenvalue weighted by Gasteiger charge is 2.35. The third-order valence-electron chi connectivity index (χ3n) is 4.24. The molecule has 7 nitrogen and oxygen atoms in total. The van der Waals surface area contributed by atoms with Gasteiger partial charge in [0.2, 0.25) is 0 Å². The number of hydrogen-bond acceptors (Lipinski definition) is 5. The van der Waals surface area contributed by atoms with Gasteiger partial charge in [-0.2, -0.15) is 0 Å². The van der Waals surface area contributed by atoms with E-state index >= 15 is 0 Å². The van der Waals surface area contributed by atoms with Gasteiger partial charge in [-0.3, -0.25) is 19.3 Å². The molecule has 2 aromatic carbocycles. The lowest BCUT2D eigenvalue weighted by Crippen LogP contribution is -2.30. The fourth-order valence-electron chi connectivity index (χ4n) is 2.98. The Morgan fingerprint density at radius 3 is 2.37 bits per heavy atom. The molecular weight excluding hydrogens is 346 g/mol. The van der Waals surface area contributed by atoms with Crippen molar-refractivity contribution in [3.05, 3.63) is 64.7 Å². The summed E-state index contributed by atoms with van der Waals surface area (Å²) in [6, 6.07) is 11.8. The predicted octanol–water partition coefficient (Wildman–Crippen LogP) is 1.57. The molecule has 0 fully saturated rings. The van der Waals surface area contributed by atoms with Crippen molar-refractivity contribution in [2.24, 2.45) is 5.73 Å². The standard InChI is InChI=1S/C20H21N3O4/c1-2-27-17-8-7-13(11-16(17)18(24)22-10-9-21)12-23-19(25)14-5-3-4-6-15(14)20(23)26/h3-8,11H,2,9-10,12,21H2,1H3,(H,22,24). The number of rotatable bonds is 7. The van der Waals surface area contributed by atoms with E-state index in [0.717, 1.165) is 0 Å². The van der Waals surface area contributed by atoms with E-state index in [2.05, 4.69) is 5.32 Å². The molecule has 3 rings (SSSR count). The van der Waals surface area contributed by atoms with E-state index in [1.165, 1.54) is 4.90 Å². The molecule has 1 heterocycles. The molecule has 2 aromatic rings. The van der Waals surface area contributed by atoms with Crippen LogP contribution in [0.4, 0.5) is 0 Å². The summed E-state index contributed by atoms with van der Waals surface area (Å²) in [5, 5.41) is 2.71. The van der Waals surface area contributed by atoms with E-state index in [1.807, 2.05) is 6.92 Å². The first-order valence-electron chi connectivity index (χ1n) is 8.76. The van der Waals surface area contributed by atoms with E-state index in [0.29, 0.717) is 47.7 Å². The zero-order chi connectivity index (χ0) is 19.4. The molecule has 0 aromatic heterocycles. The topological polar surface area (TPSA) is 102 Å². The molecule has 0 bridgehead atoms. The Hall–Kier alpha value is -3.19. The number of imide groups is 1. The molecular formula is C20H21N3O4. The number of fused-ring (bicyclic) bond motifs is 1.